The minimum atomic E-state index is -0.504. The summed E-state index contributed by atoms with van der Waals surface area (Å²) >= 11 is 0. The Balaban J connectivity index is 4.89. The van der Waals surface area contributed by atoms with E-state index in [0.29, 0.717) is 6.42 Å². The summed E-state index contributed by atoms with van der Waals surface area (Å²) in [7, 11) is 1.30. The van der Waals surface area contributed by atoms with Gasteiger partial charge < -0.3 is 4.74 Å². The van der Waals surface area contributed by atoms with Crippen LogP contribution in [0.3, 0.4) is 0 Å². The molecular formula is C12H20O3. The van der Waals surface area contributed by atoms with Gasteiger partial charge in [-0.05, 0) is 19.8 Å². The third kappa shape index (κ3) is 4.28. The molecule has 0 aliphatic heterocycles. The number of rotatable bonds is 6. The van der Waals surface area contributed by atoms with Gasteiger partial charge >= 0.3 is 5.97 Å². The molecule has 0 fully saturated rings. The van der Waals surface area contributed by atoms with E-state index in [0.717, 1.165) is 24.8 Å². The molecule has 86 valence electrons. The number of unbranched alkanes of at least 4 members (excludes halogenated alkanes) is 1. The van der Waals surface area contributed by atoms with Crippen molar-refractivity contribution in [1.82, 2.24) is 0 Å². The first-order valence-electron chi connectivity index (χ1n) is 5.39. The molecule has 0 aliphatic carbocycles. The molecule has 0 heterocycles. The lowest BCUT2D eigenvalue weighted by Crippen LogP contribution is -2.15. The van der Waals surface area contributed by atoms with E-state index in [1.165, 1.54) is 7.11 Å². The topological polar surface area (TPSA) is 43.4 Å². The predicted molar refractivity (Wildman–Crippen MR) is 59.5 cm³/mol. The van der Waals surface area contributed by atoms with E-state index in [1.807, 2.05) is 6.92 Å². The molecule has 0 radical (unpaired) electrons. The molecule has 15 heavy (non-hydrogen) atoms. The van der Waals surface area contributed by atoms with Gasteiger partial charge in [0.05, 0.1) is 7.11 Å². The summed E-state index contributed by atoms with van der Waals surface area (Å²) in [5.74, 6) is -0.633. The second kappa shape index (κ2) is 7.21. The zero-order valence-corrected chi connectivity index (χ0v) is 10.1. The number of Topliss-reactive ketones (excluding diaryl/α,β-unsaturated/α-hetero) is 1. The van der Waals surface area contributed by atoms with Crippen LogP contribution in [-0.4, -0.2) is 18.9 Å². The van der Waals surface area contributed by atoms with Crippen molar-refractivity contribution in [2.24, 2.45) is 0 Å². The van der Waals surface area contributed by atoms with Crippen molar-refractivity contribution in [3.8, 4) is 0 Å². The van der Waals surface area contributed by atoms with Gasteiger partial charge in [0, 0.05) is 6.42 Å². The lowest BCUT2D eigenvalue weighted by molar-refractivity contribution is -0.137. The maximum absolute atomic E-state index is 11.6. The van der Waals surface area contributed by atoms with Crippen molar-refractivity contribution in [1.29, 1.82) is 0 Å². The summed E-state index contributed by atoms with van der Waals surface area (Å²) < 4.78 is 4.62. The molecule has 3 heteroatoms. The minimum Gasteiger partial charge on any atom is -0.465 e. The third-order valence-electron chi connectivity index (χ3n) is 2.32. The van der Waals surface area contributed by atoms with E-state index in [4.69, 9.17) is 0 Å². The number of esters is 1. The summed E-state index contributed by atoms with van der Waals surface area (Å²) in [6.07, 6.45) is 3.16. The zero-order chi connectivity index (χ0) is 11.8. The van der Waals surface area contributed by atoms with Crippen molar-refractivity contribution in [3.63, 3.8) is 0 Å². The fourth-order valence-electron chi connectivity index (χ4n) is 1.37. The Morgan fingerprint density at radius 1 is 1.20 bits per heavy atom. The highest BCUT2D eigenvalue weighted by molar-refractivity contribution is 6.17. The van der Waals surface area contributed by atoms with Crippen LogP contribution in [0, 0.1) is 0 Å². The Hall–Kier alpha value is -1.12. The van der Waals surface area contributed by atoms with Crippen molar-refractivity contribution in [2.45, 2.75) is 46.5 Å². The van der Waals surface area contributed by atoms with E-state index >= 15 is 0 Å². The van der Waals surface area contributed by atoms with Crippen LogP contribution in [0.5, 0.6) is 0 Å². The molecule has 0 saturated heterocycles. The molecule has 0 aromatic carbocycles. The summed E-state index contributed by atoms with van der Waals surface area (Å²) in [4.78, 5) is 23.0. The maximum atomic E-state index is 11.6. The number of carbonyl (C=O) groups is 2. The second-order valence-corrected chi connectivity index (χ2v) is 3.53. The molecule has 0 unspecified atom stereocenters. The molecule has 0 rings (SSSR count). The fourth-order valence-corrected chi connectivity index (χ4v) is 1.37. The monoisotopic (exact) mass is 212 g/mol. The molecule has 0 bridgehead atoms. The Morgan fingerprint density at radius 3 is 2.20 bits per heavy atom. The third-order valence-corrected chi connectivity index (χ3v) is 2.32. The minimum absolute atomic E-state index is 0.129. The standard InChI is InChI=1S/C12H20O3/c1-5-7-8-9(3)11(10(13)6-2)12(14)15-4/h5-8H2,1-4H3. The van der Waals surface area contributed by atoms with E-state index in [-0.39, 0.29) is 11.4 Å². The first kappa shape index (κ1) is 13.9. The van der Waals surface area contributed by atoms with Crippen LogP contribution in [0.25, 0.3) is 0 Å². The molecule has 0 atom stereocenters. The molecule has 3 nitrogen and oxygen atoms in total. The van der Waals surface area contributed by atoms with Gasteiger partial charge in [-0.15, -0.1) is 0 Å². The Labute approximate surface area is 91.5 Å². The van der Waals surface area contributed by atoms with Gasteiger partial charge in [0.15, 0.2) is 5.78 Å². The molecular weight excluding hydrogens is 192 g/mol. The number of hydrogen-bond acceptors (Lipinski definition) is 3. The van der Waals surface area contributed by atoms with Crippen LogP contribution >= 0.6 is 0 Å². The van der Waals surface area contributed by atoms with Gasteiger partial charge in [-0.25, -0.2) is 4.79 Å². The van der Waals surface area contributed by atoms with E-state index in [2.05, 4.69) is 11.7 Å². The van der Waals surface area contributed by atoms with Crippen LogP contribution in [0.1, 0.15) is 46.5 Å². The van der Waals surface area contributed by atoms with Crippen molar-refractivity contribution < 1.29 is 14.3 Å². The summed E-state index contributed by atoms with van der Waals surface area (Å²) in [5.41, 5.74) is 1.09. The molecule has 0 saturated carbocycles. The number of carbonyl (C=O) groups excluding carboxylic acids is 2. The number of hydrogen-bond donors (Lipinski definition) is 0. The van der Waals surface area contributed by atoms with Gasteiger partial charge in [0.1, 0.15) is 5.57 Å². The zero-order valence-electron chi connectivity index (χ0n) is 10.1. The largest absolute Gasteiger partial charge is 0.465 e. The molecule has 0 N–H and O–H groups in total. The van der Waals surface area contributed by atoms with E-state index < -0.39 is 5.97 Å². The van der Waals surface area contributed by atoms with Gasteiger partial charge in [-0.3, -0.25) is 4.79 Å². The summed E-state index contributed by atoms with van der Waals surface area (Å²) in [6, 6.07) is 0. The summed E-state index contributed by atoms with van der Waals surface area (Å²) in [5, 5.41) is 0. The molecule has 0 aliphatic rings. The van der Waals surface area contributed by atoms with Crippen LogP contribution in [0.15, 0.2) is 11.1 Å². The maximum Gasteiger partial charge on any atom is 0.341 e. The lowest BCUT2D eigenvalue weighted by atomic mass is 9.99. The average Bonchev–Trinajstić information content (AvgIpc) is 2.25. The van der Waals surface area contributed by atoms with Gasteiger partial charge in [-0.1, -0.05) is 25.8 Å². The first-order valence-corrected chi connectivity index (χ1v) is 5.39. The molecule has 0 aromatic rings. The van der Waals surface area contributed by atoms with Gasteiger partial charge in [-0.2, -0.15) is 0 Å². The number of allylic oxidation sites excluding steroid dienone is 1. The van der Waals surface area contributed by atoms with E-state index in [1.54, 1.807) is 6.92 Å². The van der Waals surface area contributed by atoms with Crippen LogP contribution in [-0.2, 0) is 14.3 Å². The molecule has 0 amide bonds. The number of ketones is 1. The highest BCUT2D eigenvalue weighted by Gasteiger charge is 2.19. The Kier molecular flexibility index (Phi) is 6.67. The quantitative estimate of drug-likeness (QED) is 0.294. The van der Waals surface area contributed by atoms with Gasteiger partial charge in [0.25, 0.3) is 0 Å². The smallest absolute Gasteiger partial charge is 0.341 e. The van der Waals surface area contributed by atoms with Crippen molar-refractivity contribution >= 4 is 11.8 Å². The second-order valence-electron chi connectivity index (χ2n) is 3.53. The van der Waals surface area contributed by atoms with Crippen LogP contribution in [0.2, 0.25) is 0 Å². The van der Waals surface area contributed by atoms with Crippen molar-refractivity contribution in [3.05, 3.63) is 11.1 Å². The average molecular weight is 212 g/mol. The Bertz CT molecular complexity index is 246. The lowest BCUT2D eigenvalue weighted by Gasteiger charge is -2.08. The first-order chi connectivity index (χ1) is 7.08. The normalized spacial score (nSPS) is 12.0. The highest BCUT2D eigenvalue weighted by Crippen LogP contribution is 2.15. The van der Waals surface area contributed by atoms with Crippen LogP contribution < -0.4 is 0 Å². The van der Waals surface area contributed by atoms with Crippen LogP contribution in [0.4, 0.5) is 0 Å². The number of methoxy groups -OCH3 is 1. The summed E-state index contributed by atoms with van der Waals surface area (Å²) in [6.45, 7) is 5.65. The number of ether oxygens (including phenoxy) is 1. The molecule has 0 aromatic heterocycles. The van der Waals surface area contributed by atoms with Gasteiger partial charge in [0.2, 0.25) is 0 Å². The molecule has 0 spiro atoms. The van der Waals surface area contributed by atoms with E-state index in [9.17, 15) is 9.59 Å². The Morgan fingerprint density at radius 2 is 1.80 bits per heavy atom. The fraction of sp³-hybridized carbons (Fsp3) is 0.667. The predicted octanol–water partition coefficient (Wildman–Crippen LogP) is 2.65. The highest BCUT2D eigenvalue weighted by atomic mass is 16.5. The van der Waals surface area contributed by atoms with Crippen molar-refractivity contribution in [2.75, 3.05) is 7.11 Å². The SMILES string of the molecule is CCCCC(C)=C(C(=O)CC)C(=O)OC.